The zero-order chi connectivity index (χ0) is 40.5. The molecular formula is C45H75N5O5. The molecule has 1 aromatic rings. The van der Waals surface area contributed by atoms with Crippen LogP contribution in [0, 0.1) is 62.6 Å². The number of nitrogens with zero attached hydrogens (tertiary/aromatic N) is 3. The van der Waals surface area contributed by atoms with Gasteiger partial charge in [0.2, 0.25) is 5.82 Å². The Morgan fingerprint density at radius 2 is 1.76 bits per heavy atom. The van der Waals surface area contributed by atoms with Crippen LogP contribution in [0.4, 0.5) is 0 Å². The zero-order valence-corrected chi connectivity index (χ0v) is 36.6. The highest BCUT2D eigenvalue weighted by molar-refractivity contribution is 5.90. The molecule has 10 heteroatoms. The molecule has 3 saturated carbocycles. The third kappa shape index (κ3) is 6.54. The molecule has 6 rings (SSSR count). The number of aromatic nitrogens is 3. The van der Waals surface area contributed by atoms with Gasteiger partial charge >= 0.3 is 5.97 Å². The van der Waals surface area contributed by atoms with Crippen molar-refractivity contribution < 1.29 is 24.2 Å². The van der Waals surface area contributed by atoms with Gasteiger partial charge in [-0.05, 0) is 118 Å². The standard InChI is InChI=1S/C45H75N5O5/c1-14-21-47-44(13,28(4)5)24-55-36-33(50-26-46-37(49-50)38(51)48-29(6)7)22-45-25-54-23-41(36,10)34(45)16-15-31-32(45)17-18-43(12)35(39(52)53)40(9,30(8)27(2)3)19-20-42(31,43)11/h17,26-31,33-36,47H,14-16,18-25H2,1-13H3,(H,48,51)(H,52,53)/t30-,31+,33-,34+,35-,36+,40-,41+,42-,43+,44+,45?/m1/s1. The first-order chi connectivity index (χ1) is 25.6. The van der Waals surface area contributed by atoms with E-state index in [2.05, 4.69) is 97.9 Å². The van der Waals surface area contributed by atoms with Gasteiger partial charge < -0.3 is 25.2 Å². The number of rotatable bonds is 13. The van der Waals surface area contributed by atoms with E-state index in [1.807, 2.05) is 18.5 Å². The second kappa shape index (κ2) is 14.8. The van der Waals surface area contributed by atoms with Gasteiger partial charge in [-0.1, -0.05) is 80.9 Å². The van der Waals surface area contributed by atoms with Gasteiger partial charge in [-0.15, -0.1) is 5.10 Å². The maximum atomic E-state index is 13.6. The maximum Gasteiger partial charge on any atom is 0.307 e. The molecule has 0 radical (unpaired) electrons. The van der Waals surface area contributed by atoms with Gasteiger partial charge in [0.05, 0.1) is 37.9 Å². The molecule has 5 aliphatic rings. The molecule has 55 heavy (non-hydrogen) atoms. The van der Waals surface area contributed by atoms with E-state index in [9.17, 15) is 14.7 Å². The van der Waals surface area contributed by atoms with Crippen molar-refractivity contribution in [3.05, 3.63) is 23.8 Å². The van der Waals surface area contributed by atoms with E-state index in [1.54, 1.807) is 6.33 Å². The number of aliphatic carboxylic acids is 1. The van der Waals surface area contributed by atoms with Crippen molar-refractivity contribution in [2.45, 2.75) is 159 Å². The summed E-state index contributed by atoms with van der Waals surface area (Å²) in [5, 5.41) is 22.8. The Morgan fingerprint density at radius 1 is 1.05 bits per heavy atom. The quantitative estimate of drug-likeness (QED) is 0.171. The van der Waals surface area contributed by atoms with Gasteiger partial charge in [-0.25, -0.2) is 9.67 Å². The number of allylic oxidation sites excluding steroid dienone is 1. The van der Waals surface area contributed by atoms with E-state index in [0.29, 0.717) is 43.5 Å². The van der Waals surface area contributed by atoms with Crippen LogP contribution < -0.4 is 10.6 Å². The van der Waals surface area contributed by atoms with Gasteiger partial charge in [-0.2, -0.15) is 0 Å². The van der Waals surface area contributed by atoms with E-state index >= 15 is 0 Å². The second-order valence-corrected chi connectivity index (χ2v) is 21.0. The minimum absolute atomic E-state index is 0.0268. The third-order valence-electron chi connectivity index (χ3n) is 17.2. The highest BCUT2D eigenvalue weighted by atomic mass is 16.5. The summed E-state index contributed by atoms with van der Waals surface area (Å²) in [4.78, 5) is 31.3. The predicted molar refractivity (Wildman–Crippen MR) is 217 cm³/mol. The van der Waals surface area contributed by atoms with Gasteiger partial charge in [-0.3, -0.25) is 9.59 Å². The largest absolute Gasteiger partial charge is 0.481 e. The lowest BCUT2D eigenvalue weighted by Gasteiger charge is -2.71. The van der Waals surface area contributed by atoms with Crippen molar-refractivity contribution in [2.75, 3.05) is 26.4 Å². The molecule has 3 N–H and O–H groups in total. The molecule has 1 unspecified atom stereocenters. The minimum atomic E-state index is -0.635. The van der Waals surface area contributed by atoms with E-state index < -0.39 is 11.9 Å². The predicted octanol–water partition coefficient (Wildman–Crippen LogP) is 8.35. The van der Waals surface area contributed by atoms with E-state index in [-0.39, 0.29) is 68.5 Å². The van der Waals surface area contributed by atoms with Crippen LogP contribution in [-0.4, -0.2) is 75.8 Å². The Kier molecular flexibility index (Phi) is 11.4. The van der Waals surface area contributed by atoms with Crippen molar-refractivity contribution in [1.82, 2.24) is 25.4 Å². The Bertz CT molecular complexity index is 1620. The third-order valence-corrected chi connectivity index (χ3v) is 17.2. The monoisotopic (exact) mass is 766 g/mol. The first-order valence-corrected chi connectivity index (χ1v) is 21.7. The van der Waals surface area contributed by atoms with Crippen LogP contribution in [0.5, 0.6) is 0 Å². The van der Waals surface area contributed by atoms with Crippen molar-refractivity contribution in [3.63, 3.8) is 0 Å². The van der Waals surface area contributed by atoms with Crippen LogP contribution in [0.3, 0.4) is 0 Å². The number of ether oxygens (including phenoxy) is 2. The fourth-order valence-electron chi connectivity index (χ4n) is 13.1. The lowest BCUT2D eigenvalue weighted by molar-refractivity contribution is -0.253. The van der Waals surface area contributed by atoms with Gasteiger partial charge in [0, 0.05) is 22.4 Å². The van der Waals surface area contributed by atoms with Crippen LogP contribution in [0.15, 0.2) is 18.0 Å². The zero-order valence-electron chi connectivity index (χ0n) is 36.6. The van der Waals surface area contributed by atoms with Crippen LogP contribution in [0.25, 0.3) is 0 Å². The number of fused-ring (bicyclic) bond motifs is 3. The SMILES string of the molecule is CCCN[C@@](C)(CO[C@H]1[C@H](n2cnc(C(=O)NC(C)C)n2)CC23COC[C@@]1(C)[C@@H]2CC[C@H]1C3=CC[C@@]2(C)[C@H](C(=O)O)[C@@](C)([C@H](C)C(C)C)CC[C@]12C)C(C)C. The first-order valence-electron chi connectivity index (χ1n) is 21.7. The topological polar surface area (TPSA) is 128 Å². The number of carboxylic acids is 1. The summed E-state index contributed by atoms with van der Waals surface area (Å²) in [5.41, 5.74) is -0.177. The van der Waals surface area contributed by atoms with Crippen molar-refractivity contribution in [2.24, 2.45) is 62.6 Å². The van der Waals surface area contributed by atoms with Crippen molar-refractivity contribution in [1.29, 1.82) is 0 Å². The Labute approximate surface area is 332 Å². The Hall–Kier alpha value is -2.30. The molecule has 1 amide bonds. The molecule has 2 heterocycles. The molecule has 2 bridgehead atoms. The first kappa shape index (κ1) is 42.3. The summed E-state index contributed by atoms with van der Waals surface area (Å²) in [7, 11) is 0. The molecule has 1 aromatic heterocycles. The second-order valence-electron chi connectivity index (χ2n) is 21.0. The number of carbonyl (C=O) groups is 2. The molecule has 4 aliphatic carbocycles. The van der Waals surface area contributed by atoms with Gasteiger partial charge in [0.1, 0.15) is 6.33 Å². The summed E-state index contributed by atoms with van der Waals surface area (Å²) < 4.78 is 16.0. The molecular weight excluding hydrogens is 691 g/mol. The van der Waals surface area contributed by atoms with Crippen LogP contribution in [0.1, 0.15) is 152 Å². The lowest BCUT2D eigenvalue weighted by atomic mass is 9.34. The highest BCUT2D eigenvalue weighted by Gasteiger charge is 2.72. The fraction of sp³-hybridized carbons (Fsp3) is 0.867. The fourth-order valence-corrected chi connectivity index (χ4v) is 13.1. The summed E-state index contributed by atoms with van der Waals surface area (Å²) in [6.45, 7) is 31.8. The summed E-state index contributed by atoms with van der Waals surface area (Å²) in [5.74, 6) is 0.481. The smallest absolute Gasteiger partial charge is 0.307 e. The minimum Gasteiger partial charge on any atom is -0.481 e. The van der Waals surface area contributed by atoms with Crippen LogP contribution in [-0.2, 0) is 14.3 Å². The average molecular weight is 766 g/mol. The molecule has 0 aromatic carbocycles. The number of carboxylic acid groups (broad SMARTS) is 1. The number of hydrogen-bond acceptors (Lipinski definition) is 7. The number of amides is 1. The van der Waals surface area contributed by atoms with E-state index in [1.165, 1.54) is 5.57 Å². The Balaban J connectivity index is 1.44. The van der Waals surface area contributed by atoms with Gasteiger partial charge in [0.25, 0.3) is 5.91 Å². The number of carbonyl (C=O) groups excluding carboxylic acids is 1. The normalized spacial score (nSPS) is 40.1. The lowest BCUT2D eigenvalue weighted by Crippen LogP contribution is -2.69. The average Bonchev–Trinajstić information content (AvgIpc) is 3.60. The summed E-state index contributed by atoms with van der Waals surface area (Å²) in [6, 6.07) is -0.198. The van der Waals surface area contributed by atoms with E-state index in [0.717, 1.165) is 51.5 Å². The summed E-state index contributed by atoms with van der Waals surface area (Å²) >= 11 is 0. The van der Waals surface area contributed by atoms with E-state index in [4.69, 9.17) is 14.6 Å². The highest BCUT2D eigenvalue weighted by Crippen LogP contribution is 2.75. The maximum absolute atomic E-state index is 13.6. The number of hydrogen-bond donors (Lipinski definition) is 3. The van der Waals surface area contributed by atoms with Crippen molar-refractivity contribution in [3.8, 4) is 0 Å². The molecule has 10 nitrogen and oxygen atoms in total. The molecule has 4 fully saturated rings. The number of nitrogens with one attached hydrogen (secondary N) is 2. The molecule has 0 spiro atoms. The molecule has 310 valence electrons. The van der Waals surface area contributed by atoms with Gasteiger partial charge in [0.15, 0.2) is 0 Å². The molecule has 1 saturated heterocycles. The summed E-state index contributed by atoms with van der Waals surface area (Å²) in [6.07, 6.45) is 10.6. The molecule has 1 aliphatic heterocycles. The van der Waals surface area contributed by atoms with Crippen LogP contribution >= 0.6 is 0 Å². The van der Waals surface area contributed by atoms with Crippen LogP contribution in [0.2, 0.25) is 0 Å². The Morgan fingerprint density at radius 3 is 2.38 bits per heavy atom. The molecule has 12 atom stereocenters. The van der Waals surface area contributed by atoms with Crippen molar-refractivity contribution >= 4 is 11.9 Å².